The molecule has 0 spiro atoms. The van der Waals surface area contributed by atoms with E-state index in [1.165, 1.54) is 29.6 Å². The van der Waals surface area contributed by atoms with Crippen molar-refractivity contribution in [1.82, 2.24) is 29.4 Å². The van der Waals surface area contributed by atoms with Gasteiger partial charge in [0, 0.05) is 48.7 Å². The molecule has 2 N–H and O–H groups in total. The highest BCUT2D eigenvalue weighted by molar-refractivity contribution is 8.01. The second kappa shape index (κ2) is 15.0. The Balaban J connectivity index is 1.76. The number of aromatic nitrogens is 5. The highest BCUT2D eigenvalue weighted by Gasteiger charge is 2.30. The maximum absolute atomic E-state index is 15.9. The zero-order valence-electron chi connectivity index (χ0n) is 26.3. The number of carbonyl (C=O) groups is 1. The van der Waals surface area contributed by atoms with E-state index in [0.717, 1.165) is 17.8 Å². The van der Waals surface area contributed by atoms with Gasteiger partial charge in [-0.1, -0.05) is 6.58 Å². The van der Waals surface area contributed by atoms with Crippen LogP contribution in [0.4, 0.5) is 8.78 Å². The molecule has 47 heavy (non-hydrogen) atoms. The van der Waals surface area contributed by atoms with Crippen LogP contribution in [0.15, 0.2) is 54.7 Å². The molecule has 4 aromatic rings. The summed E-state index contributed by atoms with van der Waals surface area (Å²) in [5.41, 5.74) is 3.46. The van der Waals surface area contributed by atoms with Crippen LogP contribution in [0.2, 0.25) is 0 Å². The molecule has 1 aliphatic rings. The van der Waals surface area contributed by atoms with Gasteiger partial charge in [-0.15, -0.1) is 11.8 Å². The number of pyridine rings is 1. The number of ether oxygens (including phenoxy) is 2. The molecular weight excluding hydrogens is 630 g/mol. The van der Waals surface area contributed by atoms with Gasteiger partial charge in [0.05, 0.1) is 67.3 Å². The topological polar surface area (TPSA) is 128 Å². The van der Waals surface area contributed by atoms with Crippen LogP contribution < -0.4 is 4.74 Å². The van der Waals surface area contributed by atoms with E-state index in [4.69, 9.17) is 19.6 Å². The monoisotopic (exact) mass is 666 g/mol. The van der Waals surface area contributed by atoms with Gasteiger partial charge in [0.15, 0.2) is 0 Å². The molecule has 1 aromatic carbocycles. The molecule has 14 heteroatoms. The van der Waals surface area contributed by atoms with Crippen LogP contribution in [0.1, 0.15) is 24.2 Å². The number of hydrogen-bond donors (Lipinski definition) is 2. The largest absolute Gasteiger partial charge is 0.490 e. The summed E-state index contributed by atoms with van der Waals surface area (Å²) < 4.78 is 44.7. The molecule has 5 rings (SSSR count). The summed E-state index contributed by atoms with van der Waals surface area (Å²) in [6, 6.07) is 5.16. The first-order chi connectivity index (χ1) is 22.7. The van der Waals surface area contributed by atoms with Crippen molar-refractivity contribution in [1.29, 1.82) is 0 Å². The molecule has 0 bridgehead atoms. The van der Waals surface area contributed by atoms with E-state index in [0.29, 0.717) is 46.9 Å². The fraction of sp³-hybridized carbons (Fsp3) is 0.333. The lowest BCUT2D eigenvalue weighted by Crippen LogP contribution is -2.40. The lowest BCUT2D eigenvalue weighted by Gasteiger charge is -2.33. The van der Waals surface area contributed by atoms with E-state index in [2.05, 4.69) is 11.7 Å². The molecule has 1 aliphatic heterocycles. The van der Waals surface area contributed by atoms with Crippen LogP contribution in [0.5, 0.6) is 5.75 Å². The number of nitrogens with zero attached hydrogens (tertiary/aromatic N) is 6. The molecule has 0 saturated carbocycles. The molecule has 2 unspecified atom stereocenters. The number of benzene rings is 1. The third-order valence-corrected chi connectivity index (χ3v) is 8.15. The normalized spacial score (nSPS) is 15.2. The smallest absolute Gasteiger partial charge is 0.246 e. The zero-order valence-corrected chi connectivity index (χ0v) is 27.1. The molecule has 11 nitrogen and oxygen atoms in total. The first-order valence-corrected chi connectivity index (χ1v) is 16.2. The predicted molar refractivity (Wildman–Crippen MR) is 175 cm³/mol. The number of carbonyl (C=O) groups excluding carboxylic acids is 1. The van der Waals surface area contributed by atoms with E-state index in [-0.39, 0.29) is 43.0 Å². The van der Waals surface area contributed by atoms with Gasteiger partial charge in [-0.05, 0) is 42.9 Å². The Labute approximate surface area is 275 Å². The molecule has 4 heterocycles. The molecule has 3 aromatic heterocycles. The van der Waals surface area contributed by atoms with Crippen LogP contribution in [0.3, 0.4) is 0 Å². The van der Waals surface area contributed by atoms with E-state index in [1.807, 2.05) is 30.7 Å². The number of fused-ring (bicyclic) bond motifs is 1. The van der Waals surface area contributed by atoms with E-state index < -0.39 is 24.3 Å². The van der Waals surface area contributed by atoms with Crippen molar-refractivity contribution in [3.63, 3.8) is 0 Å². The van der Waals surface area contributed by atoms with Crippen molar-refractivity contribution in [3.05, 3.63) is 77.6 Å². The van der Waals surface area contributed by atoms with E-state index in [1.54, 1.807) is 28.0 Å². The summed E-state index contributed by atoms with van der Waals surface area (Å²) in [5, 5.41) is 30.3. The summed E-state index contributed by atoms with van der Waals surface area (Å²) in [4.78, 5) is 19.3. The van der Waals surface area contributed by atoms with Gasteiger partial charge in [0.2, 0.25) is 5.91 Å². The number of halogens is 2. The van der Waals surface area contributed by atoms with Crippen LogP contribution in [-0.2, 0) is 22.6 Å². The fourth-order valence-electron chi connectivity index (χ4n) is 5.47. The van der Waals surface area contributed by atoms with Crippen LogP contribution >= 0.6 is 11.8 Å². The maximum atomic E-state index is 15.9. The summed E-state index contributed by atoms with van der Waals surface area (Å²) in [5.74, 6) is -1.88. The number of methoxy groups -OCH3 is 1. The molecule has 2 atom stereocenters. The van der Waals surface area contributed by atoms with Crippen molar-refractivity contribution in [2.45, 2.75) is 32.2 Å². The maximum Gasteiger partial charge on any atom is 0.246 e. The van der Waals surface area contributed by atoms with Gasteiger partial charge in [-0.3, -0.25) is 14.2 Å². The Kier molecular flexibility index (Phi) is 10.9. The lowest BCUT2D eigenvalue weighted by atomic mass is 9.95. The number of aliphatic hydroxyl groups is 2. The van der Waals surface area contributed by atoms with Gasteiger partial charge in [-0.2, -0.15) is 10.2 Å². The molecule has 0 saturated heterocycles. The number of aliphatic hydroxyl groups excluding tert-OH is 2. The standard InChI is InChI=1S/C33H36F2N6O5S/c1-5-30(44)40-7-8-41-28(20(40)2)15-27(38-41)33-25(31-26(35)13-23(34)14-29(31)46-10-9-45-3)12-21(6-11-47-4)32(37-33)22-16-36-39(17-22)18-24(43)19-42/h5-6,11-17,20,24,42-43H,1,7-10,18-19H2,2-4H3/b11-6-. The van der Waals surface area contributed by atoms with Crippen LogP contribution in [0, 0.1) is 11.6 Å². The second-order valence-electron chi connectivity index (χ2n) is 10.8. The number of hydrogen-bond acceptors (Lipinski definition) is 9. The van der Waals surface area contributed by atoms with Gasteiger partial charge < -0.3 is 24.6 Å². The average Bonchev–Trinajstić information content (AvgIpc) is 3.71. The Hall–Kier alpha value is -4.37. The van der Waals surface area contributed by atoms with Crippen LogP contribution in [-0.4, -0.2) is 91.4 Å². The van der Waals surface area contributed by atoms with Gasteiger partial charge in [-0.25, -0.2) is 13.8 Å². The van der Waals surface area contributed by atoms with Crippen molar-refractivity contribution >= 4 is 23.7 Å². The predicted octanol–water partition coefficient (Wildman–Crippen LogP) is 4.56. The van der Waals surface area contributed by atoms with Crippen molar-refractivity contribution in [2.75, 3.05) is 39.7 Å². The van der Waals surface area contributed by atoms with E-state index in [9.17, 15) is 19.4 Å². The van der Waals surface area contributed by atoms with Crippen molar-refractivity contribution in [2.24, 2.45) is 0 Å². The minimum Gasteiger partial charge on any atom is -0.490 e. The van der Waals surface area contributed by atoms with Gasteiger partial charge in [0.25, 0.3) is 0 Å². The summed E-state index contributed by atoms with van der Waals surface area (Å²) in [6.07, 6.45) is 7.27. The van der Waals surface area contributed by atoms with E-state index >= 15 is 4.39 Å². The average molecular weight is 667 g/mol. The Morgan fingerprint density at radius 3 is 2.74 bits per heavy atom. The third-order valence-electron chi connectivity index (χ3n) is 7.74. The molecule has 1 amide bonds. The zero-order chi connectivity index (χ0) is 33.7. The fourth-order valence-corrected chi connectivity index (χ4v) is 5.75. The van der Waals surface area contributed by atoms with Gasteiger partial charge >= 0.3 is 0 Å². The van der Waals surface area contributed by atoms with Crippen molar-refractivity contribution in [3.8, 4) is 39.5 Å². The molecular formula is C33H36F2N6O5S. The lowest BCUT2D eigenvalue weighted by molar-refractivity contribution is -0.129. The Morgan fingerprint density at radius 1 is 1.21 bits per heavy atom. The Morgan fingerprint density at radius 2 is 2.02 bits per heavy atom. The quantitative estimate of drug-likeness (QED) is 0.156. The van der Waals surface area contributed by atoms with Gasteiger partial charge in [0.1, 0.15) is 29.7 Å². The third kappa shape index (κ3) is 7.30. The minimum absolute atomic E-state index is 0.000370. The Bertz CT molecular complexity index is 1790. The summed E-state index contributed by atoms with van der Waals surface area (Å²) in [7, 11) is 1.50. The highest BCUT2D eigenvalue weighted by atomic mass is 32.2. The SMILES string of the molecule is C=CC(=O)N1CCn2nc(-c3nc(-c4cnn(CC(O)CO)c4)c(/C=C\SC)cc3-c3c(F)cc(F)cc3OCCOC)cc2C1C. The number of amides is 1. The highest BCUT2D eigenvalue weighted by Crippen LogP contribution is 2.42. The minimum atomic E-state index is -1.01. The van der Waals surface area contributed by atoms with Crippen molar-refractivity contribution < 1.29 is 33.3 Å². The first kappa shape index (κ1) is 34.0. The first-order valence-electron chi connectivity index (χ1n) is 14.9. The molecule has 248 valence electrons. The molecule has 0 fully saturated rings. The molecule has 0 aliphatic carbocycles. The summed E-state index contributed by atoms with van der Waals surface area (Å²) >= 11 is 1.46. The van der Waals surface area contributed by atoms with Crippen LogP contribution in [0.25, 0.3) is 39.8 Å². The number of rotatable bonds is 13. The summed E-state index contributed by atoms with van der Waals surface area (Å²) in [6.45, 7) is 6.24. The molecule has 0 radical (unpaired) electrons. The second-order valence-corrected chi connectivity index (χ2v) is 11.6. The number of thioether (sulfide) groups is 1.